The van der Waals surface area contributed by atoms with Crippen LogP contribution in [0.25, 0.3) is 11.3 Å². The number of anilines is 1. The van der Waals surface area contributed by atoms with Gasteiger partial charge in [0.15, 0.2) is 15.6 Å². The molecule has 2 aromatic carbocycles. The molecule has 3 aromatic rings. The quantitative estimate of drug-likeness (QED) is 0.624. The van der Waals surface area contributed by atoms with Gasteiger partial charge in [-0.05, 0) is 49.6 Å². The number of hydrogen-bond acceptors (Lipinski definition) is 5. The van der Waals surface area contributed by atoms with E-state index in [2.05, 4.69) is 17.4 Å². The minimum absolute atomic E-state index is 0.122. The fourth-order valence-electron chi connectivity index (χ4n) is 2.97. The average molecular weight is 413 g/mol. The van der Waals surface area contributed by atoms with E-state index in [1.54, 1.807) is 38.1 Å². The number of nitrogens with zero attached hydrogens (tertiary/aromatic N) is 1. The highest BCUT2D eigenvalue weighted by Gasteiger charge is 2.20. The summed E-state index contributed by atoms with van der Waals surface area (Å²) in [5.41, 5.74) is 3.80. The lowest BCUT2D eigenvalue weighted by molar-refractivity contribution is -0.115. The largest absolute Gasteiger partial charge is 0.356 e. The van der Waals surface area contributed by atoms with Crippen LogP contribution >= 0.6 is 0 Å². The first kappa shape index (κ1) is 20.8. The predicted molar refractivity (Wildman–Crippen MR) is 113 cm³/mol. The van der Waals surface area contributed by atoms with Crippen molar-refractivity contribution in [3.63, 3.8) is 0 Å². The molecule has 1 amide bonds. The molecule has 0 saturated heterocycles. The molecular weight excluding hydrogens is 388 g/mol. The maximum absolute atomic E-state index is 12.9. The van der Waals surface area contributed by atoms with E-state index in [0.29, 0.717) is 28.3 Å². The number of hydrogen-bond donors (Lipinski definition) is 1. The SMILES string of the molecule is CCc1ccc(NC(=O)CCS(=O)(=O)c2cc(-c3cc(C)no3)ccc2C)cc1. The monoisotopic (exact) mass is 412 g/mol. The van der Waals surface area contributed by atoms with E-state index in [1.807, 2.05) is 24.3 Å². The van der Waals surface area contributed by atoms with Gasteiger partial charge < -0.3 is 9.84 Å². The zero-order valence-electron chi connectivity index (χ0n) is 16.7. The van der Waals surface area contributed by atoms with Crippen molar-refractivity contribution in [2.24, 2.45) is 0 Å². The van der Waals surface area contributed by atoms with Gasteiger partial charge in [-0.25, -0.2) is 8.42 Å². The van der Waals surface area contributed by atoms with Crippen LogP contribution in [0.15, 0.2) is 57.9 Å². The van der Waals surface area contributed by atoms with Crippen LogP contribution in [-0.2, 0) is 21.1 Å². The molecule has 29 heavy (non-hydrogen) atoms. The Morgan fingerprint density at radius 1 is 1.07 bits per heavy atom. The molecule has 0 aliphatic heterocycles. The zero-order valence-corrected chi connectivity index (χ0v) is 17.5. The molecule has 0 atom stereocenters. The number of amides is 1. The number of rotatable bonds is 7. The van der Waals surface area contributed by atoms with E-state index in [0.717, 1.165) is 6.42 Å². The number of sulfone groups is 1. The summed E-state index contributed by atoms with van der Waals surface area (Å²) in [4.78, 5) is 12.4. The molecule has 0 aliphatic rings. The third-order valence-electron chi connectivity index (χ3n) is 4.68. The molecule has 3 rings (SSSR count). The molecule has 1 aromatic heterocycles. The van der Waals surface area contributed by atoms with Crippen molar-refractivity contribution in [1.82, 2.24) is 5.16 Å². The molecule has 152 valence electrons. The van der Waals surface area contributed by atoms with Gasteiger partial charge in [-0.1, -0.05) is 36.3 Å². The zero-order chi connectivity index (χ0) is 21.0. The predicted octanol–water partition coefficient (Wildman–Crippen LogP) is 4.32. The highest BCUT2D eigenvalue weighted by Crippen LogP contribution is 2.26. The van der Waals surface area contributed by atoms with Crippen molar-refractivity contribution < 1.29 is 17.7 Å². The third-order valence-corrected chi connectivity index (χ3v) is 6.53. The van der Waals surface area contributed by atoms with Gasteiger partial charge in [0, 0.05) is 23.7 Å². The number of benzene rings is 2. The Kier molecular flexibility index (Phi) is 6.17. The number of nitrogens with one attached hydrogen (secondary N) is 1. The average Bonchev–Trinajstić information content (AvgIpc) is 3.13. The highest BCUT2D eigenvalue weighted by molar-refractivity contribution is 7.91. The summed E-state index contributed by atoms with van der Waals surface area (Å²) in [7, 11) is -3.64. The molecule has 6 nitrogen and oxygen atoms in total. The molecule has 0 radical (unpaired) electrons. The maximum atomic E-state index is 12.9. The number of carbonyl (C=O) groups excluding carboxylic acids is 1. The standard InChI is InChI=1S/C22H24N2O4S/c1-4-17-6-9-19(10-7-17)23-22(25)11-12-29(26,27)21-14-18(8-5-15(21)2)20-13-16(3)24-28-20/h5-10,13-14H,4,11-12H2,1-3H3,(H,23,25). The van der Waals surface area contributed by atoms with Gasteiger partial charge in [0.2, 0.25) is 5.91 Å². The van der Waals surface area contributed by atoms with E-state index in [-0.39, 0.29) is 23.0 Å². The first-order valence-corrected chi connectivity index (χ1v) is 11.1. The van der Waals surface area contributed by atoms with E-state index < -0.39 is 9.84 Å². The summed E-state index contributed by atoms with van der Waals surface area (Å²) in [5, 5.41) is 6.59. The maximum Gasteiger partial charge on any atom is 0.225 e. The van der Waals surface area contributed by atoms with Crippen LogP contribution in [0, 0.1) is 13.8 Å². The molecule has 0 fully saturated rings. The minimum Gasteiger partial charge on any atom is -0.356 e. The van der Waals surface area contributed by atoms with Crippen molar-refractivity contribution >= 4 is 21.4 Å². The summed E-state index contributed by atoms with van der Waals surface area (Å²) in [6.45, 7) is 5.59. The van der Waals surface area contributed by atoms with E-state index in [1.165, 1.54) is 5.56 Å². The van der Waals surface area contributed by atoms with E-state index >= 15 is 0 Å². The molecule has 0 unspecified atom stereocenters. The molecule has 0 bridgehead atoms. The van der Waals surface area contributed by atoms with Gasteiger partial charge >= 0.3 is 0 Å². The van der Waals surface area contributed by atoms with Crippen LogP contribution in [0.2, 0.25) is 0 Å². The van der Waals surface area contributed by atoms with Gasteiger partial charge in [-0.3, -0.25) is 4.79 Å². The van der Waals surface area contributed by atoms with Crippen LogP contribution < -0.4 is 5.32 Å². The third kappa shape index (κ3) is 5.12. The van der Waals surface area contributed by atoms with Crippen molar-refractivity contribution in [3.8, 4) is 11.3 Å². The highest BCUT2D eigenvalue weighted by atomic mass is 32.2. The van der Waals surface area contributed by atoms with E-state index in [9.17, 15) is 13.2 Å². The molecular formula is C22H24N2O4S. The Balaban J connectivity index is 1.71. The lowest BCUT2D eigenvalue weighted by atomic mass is 10.1. The van der Waals surface area contributed by atoms with Crippen LogP contribution in [0.3, 0.4) is 0 Å². The fraction of sp³-hybridized carbons (Fsp3) is 0.273. The van der Waals surface area contributed by atoms with Crippen LogP contribution in [0.4, 0.5) is 5.69 Å². The summed E-state index contributed by atoms with van der Waals surface area (Å²) in [5.74, 6) is -0.101. The smallest absolute Gasteiger partial charge is 0.225 e. The van der Waals surface area contributed by atoms with E-state index in [4.69, 9.17) is 4.52 Å². The molecule has 7 heteroatoms. The van der Waals surface area contributed by atoms with Gasteiger partial charge in [-0.2, -0.15) is 0 Å². The first-order valence-electron chi connectivity index (χ1n) is 9.44. The molecule has 1 N–H and O–H groups in total. The van der Waals surface area contributed by atoms with Gasteiger partial charge in [0.25, 0.3) is 0 Å². The Morgan fingerprint density at radius 2 is 1.79 bits per heavy atom. The lowest BCUT2D eigenvalue weighted by Gasteiger charge is -2.10. The number of aryl methyl sites for hydroxylation is 3. The van der Waals surface area contributed by atoms with Gasteiger partial charge in [0.05, 0.1) is 16.3 Å². The Hall–Kier alpha value is -2.93. The van der Waals surface area contributed by atoms with Gasteiger partial charge in [0.1, 0.15) is 0 Å². The summed E-state index contributed by atoms with van der Waals surface area (Å²) in [6.07, 6.45) is 0.793. The van der Waals surface area contributed by atoms with Crippen molar-refractivity contribution in [1.29, 1.82) is 0 Å². The first-order chi connectivity index (χ1) is 13.8. The molecule has 1 heterocycles. The summed E-state index contributed by atoms with van der Waals surface area (Å²) in [6, 6.07) is 14.4. The van der Waals surface area contributed by atoms with Crippen LogP contribution in [-0.4, -0.2) is 25.2 Å². The molecule has 0 aliphatic carbocycles. The topological polar surface area (TPSA) is 89.3 Å². The Bertz CT molecular complexity index is 1120. The van der Waals surface area contributed by atoms with Gasteiger partial charge in [-0.15, -0.1) is 0 Å². The van der Waals surface area contributed by atoms with Crippen LogP contribution in [0.5, 0.6) is 0 Å². The fourth-order valence-corrected chi connectivity index (χ4v) is 4.51. The Labute approximate surface area is 170 Å². The number of aromatic nitrogens is 1. The number of carbonyl (C=O) groups is 1. The lowest BCUT2D eigenvalue weighted by Crippen LogP contribution is -2.18. The van der Waals surface area contributed by atoms with Crippen molar-refractivity contribution in [2.45, 2.75) is 38.5 Å². The van der Waals surface area contributed by atoms with Crippen molar-refractivity contribution in [2.75, 3.05) is 11.1 Å². The summed E-state index contributed by atoms with van der Waals surface area (Å²) < 4.78 is 30.9. The molecule has 0 saturated carbocycles. The second-order valence-corrected chi connectivity index (χ2v) is 9.06. The minimum atomic E-state index is -3.64. The second-order valence-electron chi connectivity index (χ2n) is 6.98. The normalized spacial score (nSPS) is 11.4. The molecule has 0 spiro atoms. The second kappa shape index (κ2) is 8.61. The van der Waals surface area contributed by atoms with Crippen molar-refractivity contribution in [3.05, 3.63) is 65.4 Å². The van der Waals surface area contributed by atoms with Crippen LogP contribution in [0.1, 0.15) is 30.2 Å². The summed E-state index contributed by atoms with van der Waals surface area (Å²) >= 11 is 0. The Morgan fingerprint density at radius 3 is 2.41 bits per heavy atom.